The summed E-state index contributed by atoms with van der Waals surface area (Å²) in [5.74, 6) is 0.703. The van der Waals surface area contributed by atoms with E-state index in [-0.39, 0.29) is 6.04 Å². The molecule has 1 atom stereocenters. The molecule has 106 valence electrons. The Morgan fingerprint density at radius 2 is 2.10 bits per heavy atom. The van der Waals surface area contributed by atoms with Crippen LogP contribution in [0, 0.1) is 0 Å². The molecule has 0 aliphatic rings. The van der Waals surface area contributed by atoms with E-state index in [1.165, 1.54) is 5.56 Å². The van der Waals surface area contributed by atoms with Crippen LogP contribution >= 0.6 is 27.5 Å². The summed E-state index contributed by atoms with van der Waals surface area (Å²) >= 11 is 9.19. The van der Waals surface area contributed by atoms with Crippen molar-refractivity contribution >= 4 is 27.5 Å². The van der Waals surface area contributed by atoms with E-state index in [2.05, 4.69) is 38.4 Å². The van der Waals surface area contributed by atoms with Crippen molar-refractivity contribution in [1.29, 1.82) is 0 Å². The summed E-state index contributed by atoms with van der Waals surface area (Å²) in [7, 11) is 1.94. The van der Waals surface area contributed by atoms with Crippen LogP contribution in [-0.2, 0) is 6.42 Å². The molecule has 1 N–H and O–H groups in total. The van der Waals surface area contributed by atoms with Gasteiger partial charge in [-0.1, -0.05) is 41.9 Å². The molecule has 1 aromatic carbocycles. The Labute approximate surface area is 132 Å². The second-order valence-corrected chi connectivity index (χ2v) is 5.64. The molecule has 0 saturated heterocycles. The molecule has 1 aromatic heterocycles. The topological polar surface area (TPSA) is 34.1 Å². The summed E-state index contributed by atoms with van der Waals surface area (Å²) in [6.07, 6.45) is 2.54. The van der Waals surface area contributed by atoms with Gasteiger partial charge in [0.15, 0.2) is 0 Å². The zero-order chi connectivity index (χ0) is 14.4. The maximum absolute atomic E-state index is 5.85. The summed E-state index contributed by atoms with van der Waals surface area (Å²) in [6, 6.07) is 12.4. The van der Waals surface area contributed by atoms with Crippen LogP contribution in [0.2, 0.25) is 5.15 Å². The number of nitrogens with one attached hydrogen (secondary N) is 1. The third-order valence-electron chi connectivity index (χ3n) is 2.96. The Bertz CT molecular complexity index is 551. The Kier molecular flexibility index (Phi) is 5.83. The van der Waals surface area contributed by atoms with E-state index in [1.807, 2.05) is 31.3 Å². The summed E-state index contributed by atoms with van der Waals surface area (Å²) in [6.45, 7) is 0.571. The van der Waals surface area contributed by atoms with Crippen LogP contribution in [-0.4, -0.2) is 24.7 Å². The van der Waals surface area contributed by atoms with E-state index < -0.39 is 0 Å². The predicted molar refractivity (Wildman–Crippen MR) is 85.4 cm³/mol. The molecule has 20 heavy (non-hydrogen) atoms. The molecule has 0 unspecified atom stereocenters. The fourth-order valence-electron chi connectivity index (χ4n) is 1.82. The van der Waals surface area contributed by atoms with Crippen molar-refractivity contribution < 1.29 is 4.74 Å². The molecule has 1 heterocycles. The lowest BCUT2D eigenvalue weighted by atomic mass is 10.1. The van der Waals surface area contributed by atoms with Gasteiger partial charge in [0.1, 0.15) is 17.5 Å². The summed E-state index contributed by atoms with van der Waals surface area (Å²) < 4.78 is 6.49. The van der Waals surface area contributed by atoms with E-state index in [9.17, 15) is 0 Å². The first-order valence-corrected chi connectivity index (χ1v) is 7.51. The molecule has 2 rings (SSSR count). The molecule has 0 aliphatic carbocycles. The van der Waals surface area contributed by atoms with Crippen molar-refractivity contribution in [3.8, 4) is 5.75 Å². The zero-order valence-corrected chi connectivity index (χ0v) is 13.5. The van der Waals surface area contributed by atoms with Crippen LogP contribution in [0.5, 0.6) is 5.75 Å². The number of halogens is 2. The lowest BCUT2D eigenvalue weighted by Crippen LogP contribution is -2.33. The van der Waals surface area contributed by atoms with Crippen molar-refractivity contribution in [3.05, 3.63) is 57.8 Å². The number of aromatic nitrogens is 1. The van der Waals surface area contributed by atoms with Gasteiger partial charge in [-0.05, 0) is 41.0 Å². The number of benzene rings is 1. The number of rotatable bonds is 6. The van der Waals surface area contributed by atoms with Gasteiger partial charge in [0.2, 0.25) is 0 Å². The molecular weight excluding hydrogens is 340 g/mol. The zero-order valence-electron chi connectivity index (χ0n) is 11.1. The standard InChI is InChI=1S/C15H16BrClN2O/c1-18-12(7-11-5-3-2-4-6-11)10-20-13-8-14(16)15(17)19-9-13/h2-6,8-9,12,18H,7,10H2,1H3/t12-/m1/s1. The van der Waals surface area contributed by atoms with E-state index >= 15 is 0 Å². The van der Waals surface area contributed by atoms with Crippen molar-refractivity contribution in [1.82, 2.24) is 10.3 Å². The van der Waals surface area contributed by atoms with E-state index in [4.69, 9.17) is 16.3 Å². The van der Waals surface area contributed by atoms with Crippen LogP contribution < -0.4 is 10.1 Å². The van der Waals surface area contributed by atoms with E-state index in [0.29, 0.717) is 17.5 Å². The van der Waals surface area contributed by atoms with Gasteiger partial charge in [0.25, 0.3) is 0 Å². The summed E-state index contributed by atoms with van der Waals surface area (Å²) in [4.78, 5) is 4.04. The predicted octanol–water partition coefficient (Wildman–Crippen LogP) is 3.71. The van der Waals surface area contributed by atoms with Gasteiger partial charge in [-0.2, -0.15) is 0 Å². The number of nitrogens with zero attached hydrogens (tertiary/aromatic N) is 1. The lowest BCUT2D eigenvalue weighted by Gasteiger charge is -2.17. The third-order valence-corrected chi connectivity index (χ3v) is 4.09. The molecule has 0 radical (unpaired) electrons. The molecule has 3 nitrogen and oxygen atoms in total. The number of likely N-dealkylation sites (N-methyl/N-ethyl adjacent to an activating group) is 1. The van der Waals surface area contributed by atoms with Gasteiger partial charge in [0.05, 0.1) is 10.7 Å². The van der Waals surface area contributed by atoms with Crippen molar-refractivity contribution in [2.45, 2.75) is 12.5 Å². The first-order chi connectivity index (χ1) is 9.69. The molecule has 0 bridgehead atoms. The van der Waals surface area contributed by atoms with Crippen LogP contribution in [0.15, 0.2) is 47.1 Å². The second kappa shape index (κ2) is 7.62. The smallest absolute Gasteiger partial charge is 0.143 e. The Hall–Kier alpha value is -1.10. The fraction of sp³-hybridized carbons (Fsp3) is 0.267. The molecule has 0 saturated carbocycles. The number of ether oxygens (including phenoxy) is 1. The van der Waals surface area contributed by atoms with Crippen LogP contribution in [0.1, 0.15) is 5.56 Å². The van der Waals surface area contributed by atoms with Gasteiger partial charge >= 0.3 is 0 Å². The van der Waals surface area contributed by atoms with Gasteiger partial charge in [-0.25, -0.2) is 4.98 Å². The summed E-state index contributed by atoms with van der Waals surface area (Å²) in [5.41, 5.74) is 1.28. The minimum Gasteiger partial charge on any atom is -0.490 e. The lowest BCUT2D eigenvalue weighted by molar-refractivity contribution is 0.269. The van der Waals surface area contributed by atoms with Crippen molar-refractivity contribution in [2.75, 3.05) is 13.7 Å². The Balaban J connectivity index is 1.92. The molecule has 5 heteroatoms. The quantitative estimate of drug-likeness (QED) is 0.802. The monoisotopic (exact) mass is 354 g/mol. The minimum atomic E-state index is 0.242. The molecule has 0 fully saturated rings. The minimum absolute atomic E-state index is 0.242. The molecule has 2 aromatic rings. The molecule has 0 amide bonds. The maximum Gasteiger partial charge on any atom is 0.143 e. The average Bonchev–Trinajstić information content (AvgIpc) is 2.48. The third kappa shape index (κ3) is 4.47. The Morgan fingerprint density at radius 1 is 1.35 bits per heavy atom. The highest BCUT2D eigenvalue weighted by Crippen LogP contribution is 2.24. The Morgan fingerprint density at radius 3 is 2.75 bits per heavy atom. The normalized spacial score (nSPS) is 12.2. The number of pyridine rings is 1. The van der Waals surface area contributed by atoms with Gasteiger partial charge < -0.3 is 10.1 Å². The summed E-state index contributed by atoms with van der Waals surface area (Å²) in [5, 5.41) is 3.70. The van der Waals surface area contributed by atoms with Crippen LogP contribution in [0.4, 0.5) is 0 Å². The number of hydrogen-bond donors (Lipinski definition) is 1. The average molecular weight is 356 g/mol. The van der Waals surface area contributed by atoms with Gasteiger partial charge in [-0.3, -0.25) is 0 Å². The SMILES string of the molecule is CN[C@@H](COc1cnc(Cl)c(Br)c1)Cc1ccccc1. The molecular formula is C15H16BrClN2O. The highest BCUT2D eigenvalue weighted by molar-refractivity contribution is 9.10. The highest BCUT2D eigenvalue weighted by Gasteiger charge is 2.09. The van der Waals surface area contributed by atoms with Gasteiger partial charge in [-0.15, -0.1) is 0 Å². The van der Waals surface area contributed by atoms with Crippen molar-refractivity contribution in [2.24, 2.45) is 0 Å². The first-order valence-electron chi connectivity index (χ1n) is 6.34. The number of hydrogen-bond acceptors (Lipinski definition) is 3. The second-order valence-electron chi connectivity index (χ2n) is 4.43. The molecule has 0 aliphatic heterocycles. The fourth-order valence-corrected chi connectivity index (χ4v) is 2.25. The van der Waals surface area contributed by atoms with Crippen LogP contribution in [0.3, 0.4) is 0 Å². The van der Waals surface area contributed by atoms with E-state index in [0.717, 1.165) is 10.9 Å². The molecule has 0 spiro atoms. The largest absolute Gasteiger partial charge is 0.490 e. The first kappa shape index (κ1) is 15.3. The van der Waals surface area contributed by atoms with Gasteiger partial charge in [0, 0.05) is 6.04 Å². The maximum atomic E-state index is 5.85. The van der Waals surface area contributed by atoms with Crippen molar-refractivity contribution in [3.63, 3.8) is 0 Å². The van der Waals surface area contributed by atoms with Crippen LogP contribution in [0.25, 0.3) is 0 Å². The highest BCUT2D eigenvalue weighted by atomic mass is 79.9. The van der Waals surface area contributed by atoms with E-state index in [1.54, 1.807) is 6.20 Å².